The van der Waals surface area contributed by atoms with E-state index in [4.69, 9.17) is 9.41 Å². The third-order valence-corrected chi connectivity index (χ3v) is 11.7. The number of allylic oxidation sites excluding steroid dienone is 2. The fourth-order valence-corrected chi connectivity index (χ4v) is 9.65. The van der Waals surface area contributed by atoms with Crippen molar-refractivity contribution in [3.8, 4) is 11.3 Å². The molecule has 2 aliphatic heterocycles. The van der Waals surface area contributed by atoms with Gasteiger partial charge in [0, 0.05) is 61.6 Å². The van der Waals surface area contributed by atoms with Gasteiger partial charge in [-0.25, -0.2) is 4.99 Å². The average Bonchev–Trinajstić information content (AvgIpc) is 3.78. The van der Waals surface area contributed by atoms with Crippen LogP contribution in [0.15, 0.2) is 138 Å². The van der Waals surface area contributed by atoms with Crippen molar-refractivity contribution in [2.24, 2.45) is 4.99 Å². The quantitative estimate of drug-likeness (QED) is 0.164. The number of aliphatic imine (C=N–C) groups is 1. The van der Waals surface area contributed by atoms with Crippen molar-refractivity contribution in [2.45, 2.75) is 38.6 Å². The first kappa shape index (κ1) is 27.9. The van der Waals surface area contributed by atoms with Crippen LogP contribution < -0.4 is 4.57 Å². The van der Waals surface area contributed by atoms with Gasteiger partial charge in [-0.1, -0.05) is 55.6 Å². The Labute approximate surface area is 289 Å². The highest BCUT2D eigenvalue weighted by Crippen LogP contribution is 2.47. The maximum Gasteiger partial charge on any atom is 0.213 e. The second kappa shape index (κ2) is 9.79. The maximum atomic E-state index is 6.44. The van der Waals surface area contributed by atoms with Crippen molar-refractivity contribution in [1.82, 2.24) is 4.40 Å². The van der Waals surface area contributed by atoms with Crippen LogP contribution in [0.4, 0.5) is 0 Å². The van der Waals surface area contributed by atoms with Crippen molar-refractivity contribution in [3.63, 3.8) is 0 Å². The summed E-state index contributed by atoms with van der Waals surface area (Å²) in [5.74, 6) is 0.232. The summed E-state index contributed by atoms with van der Waals surface area (Å²) < 4.78 is 11.3. The molecule has 0 bridgehead atoms. The van der Waals surface area contributed by atoms with Crippen molar-refractivity contribution in [3.05, 3.63) is 156 Å². The van der Waals surface area contributed by atoms with Gasteiger partial charge < -0.3 is 8.82 Å². The minimum absolute atomic E-state index is 0.0161. The number of hydrogen-bond donors (Lipinski definition) is 0. The van der Waals surface area contributed by atoms with E-state index >= 15 is 0 Å². The first-order valence-corrected chi connectivity index (χ1v) is 17.6. The molecule has 0 spiro atoms. The zero-order valence-corrected chi connectivity index (χ0v) is 28.1. The maximum absolute atomic E-state index is 6.44. The summed E-state index contributed by atoms with van der Waals surface area (Å²) in [7, 11) is 0. The zero-order valence-electron chi connectivity index (χ0n) is 28.1. The summed E-state index contributed by atoms with van der Waals surface area (Å²) in [6.07, 6.45) is 6.00. The van der Waals surface area contributed by atoms with Gasteiger partial charge >= 0.3 is 0 Å². The van der Waals surface area contributed by atoms with Crippen LogP contribution in [0.5, 0.6) is 0 Å². The molecule has 2 atom stereocenters. The molecule has 0 fully saturated rings. The molecule has 0 N–H and O–H groups in total. The predicted molar refractivity (Wildman–Crippen MR) is 206 cm³/mol. The van der Waals surface area contributed by atoms with E-state index in [1.807, 2.05) is 12.1 Å². The molecule has 6 heterocycles. The summed E-state index contributed by atoms with van der Waals surface area (Å²) in [5, 5.41) is 7.46. The average molecular weight is 645 g/mol. The molecular weight excluding hydrogens is 611 g/mol. The molecule has 2 aliphatic rings. The molecule has 4 aromatic heterocycles. The van der Waals surface area contributed by atoms with Gasteiger partial charge in [-0.05, 0) is 91.4 Å². The van der Waals surface area contributed by atoms with Crippen LogP contribution >= 0.6 is 0 Å². The third kappa shape index (κ3) is 3.50. The minimum atomic E-state index is 0.0161. The van der Waals surface area contributed by atoms with Gasteiger partial charge in [0.1, 0.15) is 16.9 Å². The monoisotopic (exact) mass is 644 g/mol. The Kier molecular flexibility index (Phi) is 5.47. The van der Waals surface area contributed by atoms with Crippen LogP contribution in [0.1, 0.15) is 46.2 Å². The number of hydrogen-bond acceptors (Lipinski definition) is 2. The van der Waals surface area contributed by atoms with Crippen LogP contribution in [0, 0.1) is 13.8 Å². The van der Waals surface area contributed by atoms with E-state index in [1.165, 1.54) is 71.6 Å². The SMILES string of the molecule is C=CC1=NC(=C)C2C(CCc3cc4c(cc31)c1c(C)cc(C)c3c5cc6c(cc5n4c13)oc1ccccc16)c1ccccc1-c1cccc[n+]12. The number of aromatic nitrogens is 2. The van der Waals surface area contributed by atoms with Crippen molar-refractivity contribution >= 4 is 65.7 Å². The Morgan fingerprint density at radius 2 is 1.54 bits per heavy atom. The van der Waals surface area contributed by atoms with E-state index in [0.717, 1.165) is 51.8 Å². The number of fused-ring (bicyclic) bond motifs is 16. The topological polar surface area (TPSA) is 33.8 Å². The second-order valence-corrected chi connectivity index (χ2v) is 14.3. The first-order chi connectivity index (χ1) is 24.5. The molecule has 4 nitrogen and oxygen atoms in total. The van der Waals surface area contributed by atoms with Crippen LogP contribution in [0.3, 0.4) is 0 Å². The molecule has 5 aromatic carbocycles. The molecule has 0 aliphatic carbocycles. The van der Waals surface area contributed by atoms with Crippen molar-refractivity contribution in [2.75, 3.05) is 0 Å². The van der Waals surface area contributed by atoms with E-state index in [0.29, 0.717) is 0 Å². The lowest BCUT2D eigenvalue weighted by Crippen LogP contribution is -2.48. The molecule has 4 heteroatoms. The minimum Gasteiger partial charge on any atom is -0.456 e. The van der Waals surface area contributed by atoms with E-state index in [2.05, 4.69) is 133 Å². The molecular formula is C46H34N3O+. The van der Waals surface area contributed by atoms with Gasteiger partial charge in [-0.3, -0.25) is 0 Å². The summed E-state index contributed by atoms with van der Waals surface area (Å²) in [6.45, 7) is 13.4. The molecule has 0 amide bonds. The van der Waals surface area contributed by atoms with Gasteiger partial charge in [0.2, 0.25) is 11.7 Å². The van der Waals surface area contributed by atoms with Crippen LogP contribution in [0.2, 0.25) is 0 Å². The molecule has 0 radical (unpaired) electrons. The number of nitrogens with zero attached hydrogens (tertiary/aromatic N) is 3. The summed E-state index contributed by atoms with van der Waals surface area (Å²) >= 11 is 0. The Hall–Kier alpha value is -6.00. The zero-order chi connectivity index (χ0) is 33.4. The molecule has 2 unspecified atom stereocenters. The van der Waals surface area contributed by atoms with Crippen LogP contribution in [-0.2, 0) is 6.42 Å². The van der Waals surface area contributed by atoms with Gasteiger partial charge in [0.25, 0.3) is 0 Å². The molecule has 50 heavy (non-hydrogen) atoms. The predicted octanol–water partition coefficient (Wildman–Crippen LogP) is 11.1. The van der Waals surface area contributed by atoms with E-state index in [9.17, 15) is 0 Å². The van der Waals surface area contributed by atoms with Gasteiger partial charge in [0.05, 0.1) is 28.2 Å². The summed E-state index contributed by atoms with van der Waals surface area (Å²) in [5.41, 5.74) is 16.2. The lowest BCUT2D eigenvalue weighted by Gasteiger charge is -2.30. The second-order valence-electron chi connectivity index (χ2n) is 14.3. The number of aryl methyl sites for hydroxylation is 3. The van der Waals surface area contributed by atoms with Crippen LogP contribution in [0.25, 0.3) is 71.3 Å². The van der Waals surface area contributed by atoms with Gasteiger partial charge in [-0.15, -0.1) is 0 Å². The fourth-order valence-electron chi connectivity index (χ4n) is 9.65. The number of pyridine rings is 1. The third-order valence-electron chi connectivity index (χ3n) is 11.7. The van der Waals surface area contributed by atoms with Gasteiger partial charge in [-0.2, -0.15) is 4.57 Å². The first-order valence-electron chi connectivity index (χ1n) is 17.6. The summed E-state index contributed by atoms with van der Waals surface area (Å²) in [4.78, 5) is 5.33. The largest absolute Gasteiger partial charge is 0.456 e. The molecule has 9 aromatic rings. The molecule has 238 valence electrons. The lowest BCUT2D eigenvalue weighted by molar-refractivity contribution is -0.709. The van der Waals surface area contributed by atoms with Gasteiger partial charge in [0.15, 0.2) is 6.20 Å². The van der Waals surface area contributed by atoms with E-state index < -0.39 is 0 Å². The standard InChI is InChI=1S/C46H34N3O/c1-5-37-33-22-35-39(21-28(33)17-18-32-29-12-6-7-13-30(29)38-15-10-11-19-48(38)45(32)27(4)47-37)49-40-24-42-34(31-14-8-9-16-41(31)50-42)23-36(40)44-26(3)20-25(2)43(35)46(44)49/h5-16,19-24,32,45H,1,4,17-18H2,2-3H3/q+1. The highest BCUT2D eigenvalue weighted by atomic mass is 16.3. The Balaban J connectivity index is 1.20. The van der Waals surface area contributed by atoms with E-state index in [1.54, 1.807) is 0 Å². The molecule has 0 saturated heterocycles. The molecule has 11 rings (SSSR count). The number of furan rings is 1. The number of para-hydroxylation sites is 1. The Morgan fingerprint density at radius 3 is 2.40 bits per heavy atom. The normalized spacial score (nSPS) is 17.5. The van der Waals surface area contributed by atoms with Crippen molar-refractivity contribution < 1.29 is 8.98 Å². The Bertz CT molecular complexity index is 3010. The highest BCUT2D eigenvalue weighted by molar-refractivity contribution is 6.28. The van der Waals surface area contributed by atoms with Crippen LogP contribution in [-0.4, -0.2) is 10.1 Å². The Morgan fingerprint density at radius 1 is 0.780 bits per heavy atom. The smallest absolute Gasteiger partial charge is 0.213 e. The highest BCUT2D eigenvalue weighted by Gasteiger charge is 2.42. The summed E-state index contributed by atoms with van der Waals surface area (Å²) in [6, 6.07) is 35.5. The number of benzene rings is 5. The fraction of sp³-hybridized carbons (Fsp3) is 0.130. The molecule has 0 saturated carbocycles. The lowest BCUT2D eigenvalue weighted by atomic mass is 9.78. The van der Waals surface area contributed by atoms with Crippen molar-refractivity contribution in [1.29, 1.82) is 0 Å². The van der Waals surface area contributed by atoms with E-state index in [-0.39, 0.29) is 12.0 Å². The number of rotatable bonds is 1.